The smallest absolute Gasteiger partial charge is 0.242 e. The number of carbonyl (C=O) groups excluding carboxylic acids is 2. The largest absolute Gasteiger partial charge is 0.352 e. The van der Waals surface area contributed by atoms with Gasteiger partial charge in [0.05, 0.1) is 11.9 Å². The molecule has 2 aromatic carbocycles. The summed E-state index contributed by atoms with van der Waals surface area (Å²) in [7, 11) is -3.49. The lowest BCUT2D eigenvalue weighted by molar-refractivity contribution is -0.141. The molecule has 1 aliphatic carbocycles. The fourth-order valence-electron chi connectivity index (χ4n) is 4.40. The van der Waals surface area contributed by atoms with Crippen LogP contribution < -0.4 is 9.62 Å². The fourth-order valence-corrected chi connectivity index (χ4v) is 5.82. The number of hydrogen-bond acceptors (Lipinski definition) is 4. The van der Waals surface area contributed by atoms with Gasteiger partial charge in [-0.15, -0.1) is 0 Å². The molecule has 7 nitrogen and oxygen atoms in total. The molecule has 2 aromatic rings. The minimum atomic E-state index is -3.49. The van der Waals surface area contributed by atoms with Crippen molar-refractivity contribution in [2.45, 2.75) is 64.1 Å². The zero-order valence-electron chi connectivity index (χ0n) is 20.3. The van der Waals surface area contributed by atoms with Crippen LogP contribution in [0.25, 0.3) is 0 Å². The molecular weight excluding hydrogens is 530 g/mol. The summed E-state index contributed by atoms with van der Waals surface area (Å²) >= 11 is 3.47. The number of sulfonamides is 1. The van der Waals surface area contributed by atoms with Crippen LogP contribution in [-0.2, 0) is 26.2 Å². The van der Waals surface area contributed by atoms with Gasteiger partial charge in [-0.1, -0.05) is 59.1 Å². The molecule has 0 saturated heterocycles. The highest BCUT2D eigenvalue weighted by Crippen LogP contribution is 2.21. The van der Waals surface area contributed by atoms with E-state index < -0.39 is 16.1 Å². The Bertz CT molecular complexity index is 1100. The molecule has 1 N–H and O–H groups in total. The molecule has 0 radical (unpaired) electrons. The first kappa shape index (κ1) is 27.2. The van der Waals surface area contributed by atoms with Crippen molar-refractivity contribution >= 4 is 43.5 Å². The van der Waals surface area contributed by atoms with Crippen LogP contribution in [0.5, 0.6) is 0 Å². The highest BCUT2D eigenvalue weighted by atomic mass is 79.9. The molecule has 1 fully saturated rings. The Morgan fingerprint density at radius 3 is 2.40 bits per heavy atom. The number of halogens is 1. The third-order valence-electron chi connectivity index (χ3n) is 6.31. The van der Waals surface area contributed by atoms with Gasteiger partial charge in [0.2, 0.25) is 21.8 Å². The van der Waals surface area contributed by atoms with Gasteiger partial charge in [-0.3, -0.25) is 13.9 Å². The maximum absolute atomic E-state index is 13.3. The monoisotopic (exact) mass is 563 g/mol. The van der Waals surface area contributed by atoms with Gasteiger partial charge in [0.1, 0.15) is 6.04 Å². The number of carbonyl (C=O) groups is 2. The van der Waals surface area contributed by atoms with Crippen LogP contribution in [0.15, 0.2) is 59.1 Å². The molecular formula is C26H34BrN3O4S. The van der Waals surface area contributed by atoms with Crippen LogP contribution in [0.1, 0.15) is 51.0 Å². The normalized spacial score (nSPS) is 14.9. The Labute approximate surface area is 217 Å². The Morgan fingerprint density at radius 1 is 1.09 bits per heavy atom. The molecule has 0 aliphatic heterocycles. The third kappa shape index (κ3) is 8.07. The predicted molar refractivity (Wildman–Crippen MR) is 142 cm³/mol. The van der Waals surface area contributed by atoms with E-state index in [0.29, 0.717) is 18.7 Å². The van der Waals surface area contributed by atoms with E-state index in [1.54, 1.807) is 36.1 Å². The zero-order chi connectivity index (χ0) is 25.4. The van der Waals surface area contributed by atoms with Crippen LogP contribution in [0.3, 0.4) is 0 Å². The second kappa shape index (κ2) is 12.5. The number of para-hydroxylation sites is 1. The minimum Gasteiger partial charge on any atom is -0.352 e. The summed E-state index contributed by atoms with van der Waals surface area (Å²) in [6.07, 6.45) is 5.80. The molecule has 3 rings (SSSR count). The van der Waals surface area contributed by atoms with Crippen molar-refractivity contribution < 1.29 is 18.0 Å². The number of amides is 2. The fraction of sp³-hybridized carbons (Fsp3) is 0.462. The van der Waals surface area contributed by atoms with Crippen LogP contribution in [0, 0.1) is 0 Å². The van der Waals surface area contributed by atoms with Gasteiger partial charge in [0.15, 0.2) is 0 Å². The molecule has 9 heteroatoms. The predicted octanol–water partition coefficient (Wildman–Crippen LogP) is 4.47. The second-order valence-corrected chi connectivity index (χ2v) is 11.9. The topological polar surface area (TPSA) is 86.8 Å². The van der Waals surface area contributed by atoms with E-state index in [4.69, 9.17) is 0 Å². The van der Waals surface area contributed by atoms with E-state index in [0.717, 1.165) is 42.0 Å². The number of nitrogens with zero attached hydrogens (tertiary/aromatic N) is 2. The van der Waals surface area contributed by atoms with Gasteiger partial charge in [0, 0.05) is 30.0 Å². The van der Waals surface area contributed by atoms with Gasteiger partial charge in [-0.05, 0) is 56.0 Å². The molecule has 1 aliphatic rings. The first-order valence-corrected chi connectivity index (χ1v) is 14.7. The summed E-state index contributed by atoms with van der Waals surface area (Å²) in [5.74, 6) is -0.331. The first-order valence-electron chi connectivity index (χ1n) is 12.0. The molecule has 0 spiro atoms. The molecule has 1 atom stereocenters. The van der Waals surface area contributed by atoms with E-state index in [-0.39, 0.29) is 30.8 Å². The molecule has 35 heavy (non-hydrogen) atoms. The average molecular weight is 565 g/mol. The maximum Gasteiger partial charge on any atom is 0.242 e. The Hall–Kier alpha value is -2.39. The lowest BCUT2D eigenvalue weighted by atomic mass is 10.1. The second-order valence-electron chi connectivity index (χ2n) is 9.09. The van der Waals surface area contributed by atoms with Crippen LogP contribution in [-0.4, -0.2) is 50.0 Å². The van der Waals surface area contributed by atoms with Crippen molar-refractivity contribution in [3.63, 3.8) is 0 Å². The quantitative estimate of drug-likeness (QED) is 0.437. The third-order valence-corrected chi connectivity index (χ3v) is 7.99. The van der Waals surface area contributed by atoms with Crippen molar-refractivity contribution in [3.05, 3.63) is 64.6 Å². The number of anilines is 1. The molecule has 0 bridgehead atoms. The number of nitrogens with one attached hydrogen (secondary N) is 1. The first-order chi connectivity index (χ1) is 16.6. The molecule has 1 saturated carbocycles. The van der Waals surface area contributed by atoms with Gasteiger partial charge in [0.25, 0.3) is 0 Å². The van der Waals surface area contributed by atoms with Crippen LogP contribution in [0.2, 0.25) is 0 Å². The summed E-state index contributed by atoms with van der Waals surface area (Å²) in [5.41, 5.74) is 1.48. The highest BCUT2D eigenvalue weighted by Gasteiger charge is 2.28. The Morgan fingerprint density at radius 2 is 1.77 bits per heavy atom. The van der Waals surface area contributed by atoms with E-state index in [2.05, 4.69) is 21.2 Å². The molecule has 190 valence electrons. The summed E-state index contributed by atoms with van der Waals surface area (Å²) in [6, 6.07) is 16.1. The van der Waals surface area contributed by atoms with Crippen LogP contribution in [0.4, 0.5) is 5.69 Å². The molecule has 0 heterocycles. The van der Waals surface area contributed by atoms with E-state index in [9.17, 15) is 18.0 Å². The lowest BCUT2D eigenvalue weighted by Crippen LogP contribution is -2.49. The molecule has 2 amide bonds. The maximum atomic E-state index is 13.3. The summed E-state index contributed by atoms with van der Waals surface area (Å²) in [4.78, 5) is 27.9. The number of hydrogen-bond donors (Lipinski definition) is 1. The lowest BCUT2D eigenvalue weighted by Gasteiger charge is -2.30. The van der Waals surface area contributed by atoms with Crippen molar-refractivity contribution in [1.82, 2.24) is 10.2 Å². The highest BCUT2D eigenvalue weighted by molar-refractivity contribution is 9.10. The average Bonchev–Trinajstić information content (AvgIpc) is 3.32. The zero-order valence-corrected chi connectivity index (χ0v) is 22.7. The van der Waals surface area contributed by atoms with Crippen LogP contribution >= 0.6 is 15.9 Å². The number of benzene rings is 2. The van der Waals surface area contributed by atoms with Gasteiger partial charge in [-0.25, -0.2) is 8.42 Å². The van der Waals surface area contributed by atoms with Gasteiger partial charge >= 0.3 is 0 Å². The van der Waals surface area contributed by atoms with E-state index >= 15 is 0 Å². The number of rotatable bonds is 11. The summed E-state index contributed by atoms with van der Waals surface area (Å²) < 4.78 is 26.9. The molecule has 0 aromatic heterocycles. The minimum absolute atomic E-state index is 0.133. The van der Waals surface area contributed by atoms with E-state index in [1.807, 2.05) is 30.3 Å². The van der Waals surface area contributed by atoms with Crippen molar-refractivity contribution in [2.24, 2.45) is 0 Å². The van der Waals surface area contributed by atoms with Crippen molar-refractivity contribution in [2.75, 3.05) is 17.1 Å². The van der Waals surface area contributed by atoms with Crippen molar-refractivity contribution in [1.29, 1.82) is 0 Å². The Balaban J connectivity index is 1.70. The van der Waals surface area contributed by atoms with E-state index in [1.165, 1.54) is 4.31 Å². The van der Waals surface area contributed by atoms with Crippen molar-refractivity contribution in [3.8, 4) is 0 Å². The Kier molecular flexibility index (Phi) is 9.74. The van der Waals surface area contributed by atoms with Gasteiger partial charge < -0.3 is 10.2 Å². The summed E-state index contributed by atoms with van der Waals surface area (Å²) in [6.45, 7) is 2.24. The molecule has 0 unspecified atom stereocenters. The summed E-state index contributed by atoms with van der Waals surface area (Å²) in [5, 5.41) is 3.10. The standard InChI is InChI=1S/C26H34BrN3O4S/c1-20(26(32)28-23-12-6-7-13-23)29(19-21-10-8-11-22(27)18-21)25(31)16-9-17-30(35(2,33)34)24-14-4-3-5-15-24/h3-5,8,10-11,14-15,18,20,23H,6-7,9,12-13,16-17,19H2,1-2H3,(H,28,32)/t20-/m1/s1. The van der Waals surface area contributed by atoms with Gasteiger partial charge in [-0.2, -0.15) is 0 Å². The SMILES string of the molecule is C[C@H](C(=O)NC1CCCC1)N(Cc1cccc(Br)c1)C(=O)CCCN(c1ccccc1)S(C)(=O)=O.